The van der Waals surface area contributed by atoms with Gasteiger partial charge in [0.1, 0.15) is 24.2 Å². The van der Waals surface area contributed by atoms with Gasteiger partial charge < -0.3 is 9.47 Å². The molecule has 0 saturated heterocycles. The highest BCUT2D eigenvalue weighted by Crippen LogP contribution is 2.23. The van der Waals surface area contributed by atoms with Gasteiger partial charge in [-0.05, 0) is 48.4 Å². The molecule has 0 aliphatic heterocycles. The Morgan fingerprint density at radius 3 is 2.65 bits per heavy atom. The first-order valence-electron chi connectivity index (χ1n) is 6.10. The van der Waals surface area contributed by atoms with E-state index in [0.717, 1.165) is 16.9 Å². The zero-order valence-electron chi connectivity index (χ0n) is 11.3. The van der Waals surface area contributed by atoms with E-state index in [-0.39, 0.29) is 0 Å². The van der Waals surface area contributed by atoms with Crippen LogP contribution in [0.3, 0.4) is 0 Å². The number of hydrogen-bond donors (Lipinski definition) is 0. The lowest BCUT2D eigenvalue weighted by molar-refractivity contribution is 0.305. The van der Waals surface area contributed by atoms with Gasteiger partial charge in [0.05, 0.1) is 12.7 Å². The molecule has 3 nitrogen and oxygen atoms in total. The summed E-state index contributed by atoms with van der Waals surface area (Å²) in [6.45, 7) is 2.32. The minimum Gasteiger partial charge on any atom is -0.495 e. The van der Waals surface area contributed by atoms with Crippen LogP contribution in [0.25, 0.3) is 0 Å². The van der Waals surface area contributed by atoms with Crippen LogP contribution >= 0.6 is 11.6 Å². The van der Waals surface area contributed by atoms with Crippen molar-refractivity contribution in [2.75, 3.05) is 7.11 Å². The van der Waals surface area contributed by atoms with Crippen molar-refractivity contribution in [3.63, 3.8) is 0 Å². The fourth-order valence-electron chi connectivity index (χ4n) is 1.81. The largest absolute Gasteiger partial charge is 0.495 e. The van der Waals surface area contributed by atoms with E-state index in [1.807, 2.05) is 25.1 Å². The lowest BCUT2D eigenvalue weighted by Crippen LogP contribution is -1.97. The molecule has 0 atom stereocenters. The van der Waals surface area contributed by atoms with Crippen molar-refractivity contribution < 1.29 is 9.47 Å². The number of halogens is 1. The molecule has 2 aromatic rings. The monoisotopic (exact) mass is 287 g/mol. The summed E-state index contributed by atoms with van der Waals surface area (Å²) in [5.74, 6) is 1.32. The van der Waals surface area contributed by atoms with Crippen LogP contribution in [0.4, 0.5) is 0 Å². The highest BCUT2D eigenvalue weighted by molar-refractivity contribution is 6.31. The molecule has 0 saturated carbocycles. The van der Waals surface area contributed by atoms with E-state index in [4.69, 9.17) is 26.3 Å². The molecule has 0 spiro atoms. The first-order valence-corrected chi connectivity index (χ1v) is 6.48. The summed E-state index contributed by atoms with van der Waals surface area (Å²) < 4.78 is 10.8. The normalized spacial score (nSPS) is 9.90. The topological polar surface area (TPSA) is 42.2 Å². The van der Waals surface area contributed by atoms with Crippen molar-refractivity contribution in [3.05, 3.63) is 58.1 Å². The van der Waals surface area contributed by atoms with E-state index < -0.39 is 0 Å². The van der Waals surface area contributed by atoms with Gasteiger partial charge in [-0.15, -0.1) is 0 Å². The third-order valence-electron chi connectivity index (χ3n) is 2.92. The van der Waals surface area contributed by atoms with Gasteiger partial charge in [0.25, 0.3) is 0 Å². The van der Waals surface area contributed by atoms with E-state index in [0.29, 0.717) is 22.9 Å². The fraction of sp³-hybridized carbons (Fsp3) is 0.188. The first kappa shape index (κ1) is 14.2. The van der Waals surface area contributed by atoms with Crippen LogP contribution in [0.1, 0.15) is 16.7 Å². The molecule has 0 amide bonds. The van der Waals surface area contributed by atoms with E-state index >= 15 is 0 Å². The fourth-order valence-corrected chi connectivity index (χ4v) is 1.92. The predicted octanol–water partition coefficient (Wildman–Crippen LogP) is 4.11. The molecule has 2 aromatic carbocycles. The van der Waals surface area contributed by atoms with Crippen molar-refractivity contribution in [1.82, 2.24) is 0 Å². The van der Waals surface area contributed by atoms with Crippen molar-refractivity contribution in [2.45, 2.75) is 13.5 Å². The lowest BCUT2D eigenvalue weighted by Gasteiger charge is -2.09. The number of ether oxygens (including phenoxy) is 2. The molecular formula is C16H14ClNO2. The molecule has 0 unspecified atom stereocenters. The van der Waals surface area contributed by atoms with Gasteiger partial charge in [-0.2, -0.15) is 5.26 Å². The van der Waals surface area contributed by atoms with Crippen LogP contribution in [-0.2, 0) is 6.61 Å². The number of nitrogens with zero attached hydrogens (tertiary/aromatic N) is 1. The Balaban J connectivity index is 2.11. The van der Waals surface area contributed by atoms with Gasteiger partial charge in [0.2, 0.25) is 0 Å². The standard InChI is InChI=1S/C16H14ClNO2/c1-11-7-14(4-5-15(11)17)20-10-12-3-6-16(19-2)13(8-12)9-18/h3-8H,10H2,1-2H3. The Bertz CT molecular complexity index is 662. The van der Waals surface area contributed by atoms with Crippen molar-refractivity contribution >= 4 is 11.6 Å². The zero-order valence-corrected chi connectivity index (χ0v) is 12.1. The Hall–Kier alpha value is -2.18. The maximum Gasteiger partial charge on any atom is 0.136 e. The molecule has 0 aliphatic rings. The van der Waals surface area contributed by atoms with Crippen LogP contribution in [0.5, 0.6) is 11.5 Å². The number of hydrogen-bond acceptors (Lipinski definition) is 3. The second-order valence-corrected chi connectivity index (χ2v) is 4.75. The highest BCUT2D eigenvalue weighted by atomic mass is 35.5. The molecule has 0 heterocycles. The smallest absolute Gasteiger partial charge is 0.136 e. The predicted molar refractivity (Wildman–Crippen MR) is 78.2 cm³/mol. The van der Waals surface area contributed by atoms with Gasteiger partial charge in [-0.25, -0.2) is 0 Å². The minimum atomic E-state index is 0.389. The van der Waals surface area contributed by atoms with Gasteiger partial charge in [-0.3, -0.25) is 0 Å². The Morgan fingerprint density at radius 1 is 1.20 bits per heavy atom. The van der Waals surface area contributed by atoms with E-state index in [1.54, 1.807) is 25.3 Å². The number of nitriles is 1. The number of rotatable bonds is 4. The quantitative estimate of drug-likeness (QED) is 0.850. The second kappa shape index (κ2) is 6.31. The summed E-state index contributed by atoms with van der Waals surface area (Å²) in [4.78, 5) is 0. The maximum absolute atomic E-state index is 9.04. The number of aryl methyl sites for hydroxylation is 1. The Morgan fingerprint density at radius 2 is 2.00 bits per heavy atom. The van der Waals surface area contributed by atoms with Crippen LogP contribution in [-0.4, -0.2) is 7.11 Å². The molecule has 2 rings (SSSR count). The molecule has 102 valence electrons. The molecule has 4 heteroatoms. The van der Waals surface area contributed by atoms with Crippen molar-refractivity contribution in [2.24, 2.45) is 0 Å². The maximum atomic E-state index is 9.04. The molecule has 0 bridgehead atoms. The van der Waals surface area contributed by atoms with Crippen LogP contribution < -0.4 is 9.47 Å². The first-order chi connectivity index (χ1) is 9.63. The third kappa shape index (κ3) is 3.23. The average Bonchev–Trinajstić information content (AvgIpc) is 2.48. The summed E-state index contributed by atoms with van der Waals surface area (Å²) in [5, 5.41) is 9.76. The highest BCUT2D eigenvalue weighted by Gasteiger charge is 2.05. The molecule has 0 aliphatic carbocycles. The summed E-state index contributed by atoms with van der Waals surface area (Å²) in [6.07, 6.45) is 0. The van der Waals surface area contributed by atoms with Crippen molar-refractivity contribution in [1.29, 1.82) is 5.26 Å². The molecule has 0 fully saturated rings. The molecule has 0 aromatic heterocycles. The van der Waals surface area contributed by atoms with Crippen molar-refractivity contribution in [3.8, 4) is 17.6 Å². The molecular weight excluding hydrogens is 274 g/mol. The second-order valence-electron chi connectivity index (χ2n) is 4.35. The van der Waals surface area contributed by atoms with Gasteiger partial charge >= 0.3 is 0 Å². The summed E-state index contributed by atoms with van der Waals surface area (Å²) in [5.41, 5.74) is 2.38. The van der Waals surface area contributed by atoms with E-state index in [1.165, 1.54) is 0 Å². The Labute approximate surface area is 123 Å². The summed E-state index contributed by atoms with van der Waals surface area (Å²) in [7, 11) is 1.54. The number of methoxy groups -OCH3 is 1. The van der Waals surface area contributed by atoms with Crippen LogP contribution in [0, 0.1) is 18.3 Å². The van der Waals surface area contributed by atoms with Crippen LogP contribution in [0.15, 0.2) is 36.4 Å². The molecule has 20 heavy (non-hydrogen) atoms. The van der Waals surface area contributed by atoms with Crippen LogP contribution in [0.2, 0.25) is 5.02 Å². The third-order valence-corrected chi connectivity index (χ3v) is 3.34. The number of benzene rings is 2. The molecule has 0 radical (unpaired) electrons. The zero-order chi connectivity index (χ0) is 14.5. The average molecular weight is 288 g/mol. The summed E-state index contributed by atoms with van der Waals surface area (Å²) in [6, 6.07) is 13.0. The van der Waals surface area contributed by atoms with E-state index in [9.17, 15) is 0 Å². The van der Waals surface area contributed by atoms with E-state index in [2.05, 4.69) is 6.07 Å². The Kier molecular flexibility index (Phi) is 4.49. The lowest BCUT2D eigenvalue weighted by atomic mass is 10.1. The van der Waals surface area contributed by atoms with Gasteiger partial charge in [0, 0.05) is 5.02 Å². The van der Waals surface area contributed by atoms with Gasteiger partial charge in [0.15, 0.2) is 0 Å². The minimum absolute atomic E-state index is 0.389. The molecule has 0 N–H and O–H groups in total. The summed E-state index contributed by atoms with van der Waals surface area (Å²) >= 11 is 5.97. The van der Waals surface area contributed by atoms with Gasteiger partial charge in [-0.1, -0.05) is 17.7 Å². The SMILES string of the molecule is COc1ccc(COc2ccc(Cl)c(C)c2)cc1C#N.